The molecule has 1 unspecified atom stereocenters. The lowest BCUT2D eigenvalue weighted by molar-refractivity contribution is -0.0366. The van der Waals surface area contributed by atoms with Crippen LogP contribution in [0, 0.1) is 5.82 Å². The Morgan fingerprint density at radius 1 is 1.05 bits per heavy atom. The van der Waals surface area contributed by atoms with Gasteiger partial charge in [0.15, 0.2) is 12.0 Å². The fraction of sp³-hybridized carbons (Fsp3) is 0.533. The summed E-state index contributed by atoms with van der Waals surface area (Å²) < 4.78 is 41.3. The third-order valence-electron chi connectivity index (χ3n) is 8.53. The predicted molar refractivity (Wildman–Crippen MR) is 160 cm³/mol. The Labute approximate surface area is 253 Å². The molecule has 0 bridgehead atoms. The van der Waals surface area contributed by atoms with Gasteiger partial charge in [-0.3, -0.25) is 4.90 Å². The minimum atomic E-state index is -0.620. The Hall–Kier alpha value is -3.32. The molecule has 7 rings (SSSR count). The van der Waals surface area contributed by atoms with Crippen LogP contribution in [0.5, 0.6) is 17.6 Å². The number of anilines is 1. The molecule has 0 spiro atoms. The van der Waals surface area contributed by atoms with Gasteiger partial charge in [0.05, 0.1) is 22.5 Å². The molecule has 3 aliphatic rings. The first-order valence-corrected chi connectivity index (χ1v) is 15.3. The molecule has 0 saturated carbocycles. The average Bonchev–Trinajstić information content (AvgIpc) is 3.62. The molecule has 3 saturated heterocycles. The van der Waals surface area contributed by atoms with Crippen LogP contribution in [0.15, 0.2) is 24.5 Å². The van der Waals surface area contributed by atoms with Crippen molar-refractivity contribution in [1.82, 2.24) is 29.6 Å². The quantitative estimate of drug-likeness (QED) is 0.272. The van der Waals surface area contributed by atoms with E-state index < -0.39 is 5.82 Å². The highest BCUT2D eigenvalue weighted by Crippen LogP contribution is 2.42. The van der Waals surface area contributed by atoms with E-state index in [1.807, 2.05) is 13.1 Å². The van der Waals surface area contributed by atoms with Gasteiger partial charge in [0.25, 0.3) is 0 Å². The number of hydrogen-bond donors (Lipinski definition) is 0. The lowest BCUT2D eigenvalue weighted by atomic mass is 10.1. The van der Waals surface area contributed by atoms with E-state index in [1.165, 1.54) is 12.5 Å². The van der Waals surface area contributed by atoms with Gasteiger partial charge in [0.1, 0.15) is 34.4 Å². The number of likely N-dealkylation sites (tertiary alicyclic amines) is 1. The third-order valence-corrected chi connectivity index (χ3v) is 8.88. The minimum Gasteiger partial charge on any atom is -0.456 e. The Morgan fingerprint density at radius 3 is 2.67 bits per heavy atom. The van der Waals surface area contributed by atoms with Gasteiger partial charge >= 0.3 is 6.01 Å². The standard InChI is InChI=1S/C30H35ClFN7O4/c1-37-16-22(40-2)23(17-37)42-30-35-26-18(28(36-30)38-11-5-3-6-12-38)9-10-33-29(26)43-27-19-15-34-39(24-8-4-7-13-41-24)21(19)14-20(32)25(27)31/h9-10,14-15,22-24H,3-8,11-13,16-17H2,1-2H3/t22-,23-,24?/m1/s1. The van der Waals surface area contributed by atoms with Gasteiger partial charge in [-0.2, -0.15) is 15.1 Å². The molecule has 0 radical (unpaired) electrons. The highest BCUT2D eigenvalue weighted by Gasteiger charge is 2.34. The van der Waals surface area contributed by atoms with Crippen molar-refractivity contribution < 1.29 is 23.3 Å². The third kappa shape index (κ3) is 5.45. The van der Waals surface area contributed by atoms with Gasteiger partial charge in [-0.1, -0.05) is 11.6 Å². The second-order valence-electron chi connectivity index (χ2n) is 11.5. The Bertz CT molecular complexity index is 1630. The van der Waals surface area contributed by atoms with Crippen LogP contribution < -0.4 is 14.4 Å². The zero-order valence-electron chi connectivity index (χ0n) is 24.3. The molecule has 6 heterocycles. The van der Waals surface area contributed by atoms with Crippen LogP contribution in [0.3, 0.4) is 0 Å². The second-order valence-corrected chi connectivity index (χ2v) is 11.9. The first kappa shape index (κ1) is 28.5. The van der Waals surface area contributed by atoms with Crippen LogP contribution in [0.2, 0.25) is 5.02 Å². The molecule has 0 amide bonds. The number of pyridine rings is 1. The zero-order valence-corrected chi connectivity index (χ0v) is 25.1. The van der Waals surface area contributed by atoms with Crippen molar-refractivity contribution >= 4 is 39.2 Å². The summed E-state index contributed by atoms with van der Waals surface area (Å²) in [5.74, 6) is 0.428. The number of nitrogens with zero attached hydrogens (tertiary/aromatic N) is 7. The SMILES string of the molecule is CO[C@@H]1CN(C)C[C@H]1Oc1nc(N2CCCCC2)c2ccnc(Oc3c(Cl)c(F)cc4c3cnn4C3CCCCO3)c2n1. The fourth-order valence-electron chi connectivity index (χ4n) is 6.31. The van der Waals surface area contributed by atoms with Crippen LogP contribution in [-0.4, -0.2) is 88.8 Å². The maximum Gasteiger partial charge on any atom is 0.319 e. The summed E-state index contributed by atoms with van der Waals surface area (Å²) in [6, 6.07) is 3.46. The Morgan fingerprint density at radius 2 is 1.88 bits per heavy atom. The van der Waals surface area contributed by atoms with E-state index >= 15 is 4.39 Å². The molecular formula is C30H35ClFN7O4. The number of ether oxygens (including phenoxy) is 4. The van der Waals surface area contributed by atoms with Crippen molar-refractivity contribution in [3.05, 3.63) is 35.4 Å². The minimum absolute atomic E-state index is 0.114. The smallest absolute Gasteiger partial charge is 0.319 e. The molecule has 1 aromatic carbocycles. The van der Waals surface area contributed by atoms with Gasteiger partial charge in [0, 0.05) is 52.2 Å². The molecule has 3 aliphatic heterocycles. The number of methoxy groups -OCH3 is 1. The summed E-state index contributed by atoms with van der Waals surface area (Å²) in [5, 5.41) is 5.69. The van der Waals surface area contributed by atoms with Gasteiger partial charge in [-0.25, -0.2) is 14.1 Å². The van der Waals surface area contributed by atoms with Gasteiger partial charge in [-0.05, 0) is 51.6 Å². The van der Waals surface area contributed by atoms with Crippen molar-refractivity contribution in [2.45, 2.75) is 57.0 Å². The predicted octanol–water partition coefficient (Wildman–Crippen LogP) is 5.36. The molecule has 0 N–H and O–H groups in total. The first-order valence-electron chi connectivity index (χ1n) is 14.9. The fourth-order valence-corrected chi connectivity index (χ4v) is 6.51. The Balaban J connectivity index is 1.32. The number of rotatable bonds is 7. The monoisotopic (exact) mass is 611 g/mol. The van der Waals surface area contributed by atoms with E-state index in [0.717, 1.165) is 62.9 Å². The normalized spacial score (nSPS) is 23.3. The maximum atomic E-state index is 15.3. The van der Waals surface area contributed by atoms with Crippen molar-refractivity contribution in [2.75, 3.05) is 51.8 Å². The summed E-state index contributed by atoms with van der Waals surface area (Å²) in [7, 11) is 3.71. The largest absolute Gasteiger partial charge is 0.456 e. The molecule has 13 heteroatoms. The molecule has 3 atom stereocenters. The lowest BCUT2D eigenvalue weighted by Crippen LogP contribution is -2.33. The van der Waals surface area contributed by atoms with E-state index in [0.29, 0.717) is 29.6 Å². The molecule has 3 aromatic heterocycles. The summed E-state index contributed by atoms with van der Waals surface area (Å²) >= 11 is 6.53. The van der Waals surface area contributed by atoms with Crippen molar-refractivity contribution in [3.8, 4) is 17.6 Å². The number of benzene rings is 1. The molecule has 43 heavy (non-hydrogen) atoms. The van der Waals surface area contributed by atoms with Crippen molar-refractivity contribution in [1.29, 1.82) is 0 Å². The topological polar surface area (TPSA) is 99.9 Å². The number of hydrogen-bond acceptors (Lipinski definition) is 10. The van der Waals surface area contributed by atoms with Crippen LogP contribution in [-0.2, 0) is 9.47 Å². The number of halogens is 2. The summed E-state index contributed by atoms with van der Waals surface area (Å²) in [6.45, 7) is 3.81. The van der Waals surface area contributed by atoms with E-state index in [-0.39, 0.29) is 41.1 Å². The summed E-state index contributed by atoms with van der Waals surface area (Å²) in [4.78, 5) is 18.6. The molecule has 3 fully saturated rings. The van der Waals surface area contributed by atoms with Gasteiger partial charge in [0.2, 0.25) is 5.88 Å². The zero-order chi connectivity index (χ0) is 29.5. The van der Waals surface area contributed by atoms with E-state index in [1.54, 1.807) is 24.2 Å². The van der Waals surface area contributed by atoms with Crippen LogP contribution in [0.4, 0.5) is 10.2 Å². The van der Waals surface area contributed by atoms with Crippen LogP contribution >= 0.6 is 11.6 Å². The molecular weight excluding hydrogens is 577 g/mol. The van der Waals surface area contributed by atoms with Gasteiger partial charge < -0.3 is 23.8 Å². The van der Waals surface area contributed by atoms with Crippen molar-refractivity contribution in [2.24, 2.45) is 0 Å². The Kier molecular flexibility index (Phi) is 7.93. The number of likely N-dealkylation sites (N-methyl/N-ethyl adjacent to an activating group) is 1. The van der Waals surface area contributed by atoms with E-state index in [4.69, 9.17) is 40.5 Å². The van der Waals surface area contributed by atoms with Crippen LogP contribution in [0.1, 0.15) is 44.8 Å². The number of fused-ring (bicyclic) bond motifs is 2. The molecule has 11 nitrogen and oxygen atoms in total. The lowest BCUT2D eigenvalue weighted by Gasteiger charge is -2.29. The highest BCUT2D eigenvalue weighted by molar-refractivity contribution is 6.33. The molecule has 0 aliphatic carbocycles. The van der Waals surface area contributed by atoms with Gasteiger partial charge in [-0.15, -0.1) is 0 Å². The number of aromatic nitrogens is 5. The van der Waals surface area contributed by atoms with E-state index in [9.17, 15) is 0 Å². The maximum absolute atomic E-state index is 15.3. The average molecular weight is 612 g/mol. The number of piperidine rings is 1. The van der Waals surface area contributed by atoms with E-state index in [2.05, 4.69) is 19.9 Å². The molecule has 4 aromatic rings. The van der Waals surface area contributed by atoms with Crippen molar-refractivity contribution in [3.63, 3.8) is 0 Å². The second kappa shape index (κ2) is 12.0. The summed E-state index contributed by atoms with van der Waals surface area (Å²) in [6.07, 6.45) is 8.75. The first-order chi connectivity index (χ1) is 21.0. The van der Waals surface area contributed by atoms with Crippen LogP contribution in [0.25, 0.3) is 21.8 Å². The summed E-state index contributed by atoms with van der Waals surface area (Å²) in [5.41, 5.74) is 0.984. The highest BCUT2D eigenvalue weighted by atomic mass is 35.5. The molecule has 228 valence electrons.